The molecule has 1 aromatic carbocycles. The summed E-state index contributed by atoms with van der Waals surface area (Å²) in [7, 11) is 1.54. The molecule has 0 saturated heterocycles. The van der Waals surface area contributed by atoms with Crippen LogP contribution in [0.1, 0.15) is 39.4 Å². The zero-order valence-electron chi connectivity index (χ0n) is 11.6. The minimum absolute atomic E-state index is 0.117. The van der Waals surface area contributed by atoms with Gasteiger partial charge >= 0.3 is 0 Å². The number of carbonyl (C=O) groups is 1. The van der Waals surface area contributed by atoms with Crippen LogP contribution in [0.4, 0.5) is 5.69 Å². The highest BCUT2D eigenvalue weighted by molar-refractivity contribution is 5.96. The molecule has 4 heteroatoms. The lowest BCUT2D eigenvalue weighted by Crippen LogP contribution is -2.28. The van der Waals surface area contributed by atoms with E-state index in [0.29, 0.717) is 17.0 Å². The minimum atomic E-state index is -0.671. The van der Waals surface area contributed by atoms with E-state index >= 15 is 0 Å². The van der Waals surface area contributed by atoms with Crippen molar-refractivity contribution in [3.63, 3.8) is 0 Å². The molecule has 0 heterocycles. The molecule has 1 atom stereocenters. The molecule has 100 valence electrons. The summed E-state index contributed by atoms with van der Waals surface area (Å²) in [5.74, 6) is 0.430. The summed E-state index contributed by atoms with van der Waals surface area (Å²) in [5, 5.41) is 12.6. The van der Waals surface area contributed by atoms with Gasteiger partial charge in [-0.2, -0.15) is 0 Å². The van der Waals surface area contributed by atoms with E-state index in [1.54, 1.807) is 25.1 Å². The summed E-state index contributed by atoms with van der Waals surface area (Å²) < 4.78 is 5.22. The van der Waals surface area contributed by atoms with Crippen LogP contribution in [0.15, 0.2) is 18.2 Å². The Bertz CT molecular complexity index is 433. The van der Waals surface area contributed by atoms with Gasteiger partial charge in [0.15, 0.2) is 0 Å². The molecule has 0 aliphatic rings. The van der Waals surface area contributed by atoms with Gasteiger partial charge in [0.1, 0.15) is 5.75 Å². The second-order valence-electron chi connectivity index (χ2n) is 5.30. The second-order valence-corrected chi connectivity index (χ2v) is 5.30. The zero-order valence-corrected chi connectivity index (χ0v) is 11.6. The number of aliphatic hydroxyl groups is 1. The van der Waals surface area contributed by atoms with Crippen molar-refractivity contribution in [2.75, 3.05) is 12.4 Å². The fourth-order valence-corrected chi connectivity index (χ4v) is 1.50. The lowest BCUT2D eigenvalue weighted by atomic mass is 9.95. The van der Waals surface area contributed by atoms with Crippen LogP contribution >= 0.6 is 0 Å². The quantitative estimate of drug-likeness (QED) is 0.868. The Morgan fingerprint density at radius 2 is 2.00 bits per heavy atom. The molecule has 0 aromatic heterocycles. The van der Waals surface area contributed by atoms with E-state index in [-0.39, 0.29) is 5.91 Å². The standard InChI is InChI=1S/C14H21NO3/c1-9(16)10-7-6-8-11(18-5)12(10)15-13(17)14(2,3)4/h6-9,16H,1-5H3,(H,15,17). The molecule has 0 radical (unpaired) electrons. The van der Waals surface area contributed by atoms with Gasteiger partial charge in [-0.25, -0.2) is 0 Å². The van der Waals surface area contributed by atoms with Gasteiger partial charge in [0.05, 0.1) is 18.9 Å². The molecule has 2 N–H and O–H groups in total. The Kier molecular flexibility index (Phi) is 4.35. The average molecular weight is 251 g/mol. The van der Waals surface area contributed by atoms with Crippen molar-refractivity contribution in [2.45, 2.75) is 33.8 Å². The van der Waals surface area contributed by atoms with Crippen LogP contribution in [0, 0.1) is 5.41 Å². The maximum Gasteiger partial charge on any atom is 0.229 e. The SMILES string of the molecule is COc1cccc(C(C)O)c1NC(=O)C(C)(C)C. The van der Waals surface area contributed by atoms with Gasteiger partial charge in [-0.3, -0.25) is 4.79 Å². The average Bonchev–Trinajstić information content (AvgIpc) is 2.27. The topological polar surface area (TPSA) is 58.6 Å². The maximum absolute atomic E-state index is 12.0. The second kappa shape index (κ2) is 5.40. The molecule has 4 nitrogen and oxygen atoms in total. The molecule has 1 aromatic rings. The number of benzene rings is 1. The van der Waals surface area contributed by atoms with E-state index in [2.05, 4.69) is 5.32 Å². The Morgan fingerprint density at radius 1 is 1.39 bits per heavy atom. The van der Waals surface area contributed by atoms with Crippen molar-refractivity contribution < 1.29 is 14.6 Å². The van der Waals surface area contributed by atoms with Gasteiger partial charge in [0, 0.05) is 11.0 Å². The van der Waals surface area contributed by atoms with Crippen molar-refractivity contribution in [2.24, 2.45) is 5.41 Å². The number of ether oxygens (including phenoxy) is 1. The van der Waals surface area contributed by atoms with Gasteiger partial charge in [0.25, 0.3) is 0 Å². The Morgan fingerprint density at radius 3 is 2.44 bits per heavy atom. The van der Waals surface area contributed by atoms with Crippen molar-refractivity contribution in [3.8, 4) is 5.75 Å². The zero-order chi connectivity index (χ0) is 13.9. The van der Waals surface area contributed by atoms with Gasteiger partial charge in [-0.1, -0.05) is 32.9 Å². The monoisotopic (exact) mass is 251 g/mol. The van der Waals surface area contributed by atoms with Gasteiger partial charge in [0.2, 0.25) is 5.91 Å². The summed E-state index contributed by atoms with van der Waals surface area (Å²) in [4.78, 5) is 12.0. The number of carbonyl (C=O) groups excluding carboxylic acids is 1. The van der Waals surface area contributed by atoms with Crippen LogP contribution < -0.4 is 10.1 Å². The highest BCUT2D eigenvalue weighted by Crippen LogP contribution is 2.33. The van der Waals surface area contributed by atoms with E-state index in [1.807, 2.05) is 20.8 Å². The van der Waals surface area contributed by atoms with Gasteiger partial charge in [-0.05, 0) is 13.0 Å². The highest BCUT2D eigenvalue weighted by Gasteiger charge is 2.24. The van der Waals surface area contributed by atoms with Crippen LogP contribution in [0.3, 0.4) is 0 Å². The Labute approximate surface area is 108 Å². The molecule has 0 saturated carbocycles. The van der Waals surface area contributed by atoms with E-state index in [0.717, 1.165) is 0 Å². The molecule has 0 fully saturated rings. The molecule has 0 aliphatic heterocycles. The summed E-state index contributed by atoms with van der Waals surface area (Å²) in [5.41, 5.74) is 0.679. The molecular formula is C14H21NO3. The van der Waals surface area contributed by atoms with Crippen LogP contribution in [-0.2, 0) is 4.79 Å². The predicted octanol–water partition coefficient (Wildman–Crippen LogP) is 2.73. The fraction of sp³-hybridized carbons (Fsp3) is 0.500. The molecular weight excluding hydrogens is 230 g/mol. The lowest BCUT2D eigenvalue weighted by Gasteiger charge is -2.21. The van der Waals surface area contributed by atoms with Gasteiger partial charge < -0.3 is 15.2 Å². The molecule has 1 rings (SSSR count). The predicted molar refractivity (Wildman–Crippen MR) is 71.7 cm³/mol. The van der Waals surface area contributed by atoms with E-state index in [4.69, 9.17) is 4.74 Å². The number of nitrogens with one attached hydrogen (secondary N) is 1. The van der Waals surface area contributed by atoms with Crippen molar-refractivity contribution in [3.05, 3.63) is 23.8 Å². The highest BCUT2D eigenvalue weighted by atomic mass is 16.5. The van der Waals surface area contributed by atoms with E-state index in [9.17, 15) is 9.90 Å². The Hall–Kier alpha value is -1.55. The largest absolute Gasteiger partial charge is 0.495 e. The van der Waals surface area contributed by atoms with Crippen LogP contribution in [0.2, 0.25) is 0 Å². The minimum Gasteiger partial charge on any atom is -0.495 e. The summed E-state index contributed by atoms with van der Waals surface area (Å²) in [6.07, 6.45) is -0.671. The number of hydrogen-bond acceptors (Lipinski definition) is 3. The van der Waals surface area contributed by atoms with Gasteiger partial charge in [-0.15, -0.1) is 0 Å². The van der Waals surface area contributed by atoms with Crippen LogP contribution in [0.5, 0.6) is 5.75 Å². The smallest absolute Gasteiger partial charge is 0.229 e. The first-order valence-electron chi connectivity index (χ1n) is 5.93. The van der Waals surface area contributed by atoms with Crippen molar-refractivity contribution >= 4 is 11.6 Å². The van der Waals surface area contributed by atoms with E-state index in [1.165, 1.54) is 7.11 Å². The number of aliphatic hydroxyl groups excluding tert-OH is 1. The third-order valence-corrected chi connectivity index (χ3v) is 2.65. The number of hydrogen-bond donors (Lipinski definition) is 2. The lowest BCUT2D eigenvalue weighted by molar-refractivity contribution is -0.123. The van der Waals surface area contributed by atoms with E-state index < -0.39 is 11.5 Å². The molecule has 18 heavy (non-hydrogen) atoms. The third kappa shape index (κ3) is 3.23. The number of amides is 1. The van der Waals surface area contributed by atoms with Crippen molar-refractivity contribution in [1.82, 2.24) is 0 Å². The van der Waals surface area contributed by atoms with Crippen LogP contribution in [-0.4, -0.2) is 18.1 Å². The number of rotatable bonds is 3. The molecule has 0 bridgehead atoms. The third-order valence-electron chi connectivity index (χ3n) is 2.65. The summed E-state index contributed by atoms with van der Waals surface area (Å²) in [6.45, 7) is 7.15. The first-order valence-corrected chi connectivity index (χ1v) is 5.93. The maximum atomic E-state index is 12.0. The molecule has 1 unspecified atom stereocenters. The number of methoxy groups -OCH3 is 1. The normalized spacial score (nSPS) is 13.0. The number of para-hydroxylation sites is 1. The first-order chi connectivity index (χ1) is 8.27. The van der Waals surface area contributed by atoms with Crippen molar-refractivity contribution in [1.29, 1.82) is 0 Å². The molecule has 1 amide bonds. The Balaban J connectivity index is 3.17. The van der Waals surface area contributed by atoms with Crippen LogP contribution in [0.25, 0.3) is 0 Å². The fourth-order valence-electron chi connectivity index (χ4n) is 1.50. The molecule has 0 aliphatic carbocycles. The number of anilines is 1. The summed E-state index contributed by atoms with van der Waals surface area (Å²) >= 11 is 0. The first kappa shape index (κ1) is 14.5. The molecule has 0 spiro atoms. The summed E-state index contributed by atoms with van der Waals surface area (Å²) in [6, 6.07) is 5.31.